The molecule has 6 heteroatoms. The molecule has 0 aliphatic carbocycles. The number of aromatic hydroxyl groups is 1. The number of carbonyl (C=O) groups excluding carboxylic acids is 2. The molecule has 0 heterocycles. The van der Waals surface area contributed by atoms with Gasteiger partial charge in [-0.2, -0.15) is 0 Å². The molecule has 1 aromatic carbocycles. The number of halogens is 1. The number of rotatable bonds is 5. The maximum atomic E-state index is 11.6. The van der Waals surface area contributed by atoms with Crippen LogP contribution in [0.15, 0.2) is 18.2 Å². The van der Waals surface area contributed by atoms with Crippen LogP contribution in [-0.4, -0.2) is 30.1 Å². The number of esters is 1. The fraction of sp³-hybridized carbons (Fsp3) is 0.333. The molecular formula is C12H14ClNO4. The lowest BCUT2D eigenvalue weighted by atomic mass is 10.2. The Morgan fingerprint density at radius 3 is 2.78 bits per heavy atom. The first-order chi connectivity index (χ1) is 8.54. The van der Waals surface area contributed by atoms with Crippen molar-refractivity contribution in [2.75, 3.05) is 13.2 Å². The number of hydrogen-bond donors (Lipinski definition) is 2. The first-order valence-electron chi connectivity index (χ1n) is 5.47. The molecule has 0 aromatic heterocycles. The van der Waals surface area contributed by atoms with Gasteiger partial charge < -0.3 is 15.2 Å². The molecule has 0 aliphatic rings. The van der Waals surface area contributed by atoms with E-state index < -0.39 is 5.91 Å². The summed E-state index contributed by atoms with van der Waals surface area (Å²) in [7, 11) is 0. The average molecular weight is 272 g/mol. The number of benzene rings is 1. The molecule has 0 unspecified atom stereocenters. The number of phenolic OH excluding ortho intramolecular Hbond substituents is 1. The molecular weight excluding hydrogens is 258 g/mol. The summed E-state index contributed by atoms with van der Waals surface area (Å²) in [5.74, 6) is -1.04. The normalized spacial score (nSPS) is 9.89. The van der Waals surface area contributed by atoms with E-state index in [1.165, 1.54) is 18.2 Å². The standard InChI is InChI=1S/C12H14ClNO4/c1-2-18-11(16)5-6-14-12(17)9-4-3-8(13)7-10(9)15/h3-4,7,15H,2,5-6H2,1H3,(H,14,17). The minimum absolute atomic E-state index is 0.0912. The molecule has 0 saturated carbocycles. The lowest BCUT2D eigenvalue weighted by Crippen LogP contribution is -2.26. The Labute approximate surface area is 110 Å². The Morgan fingerprint density at radius 2 is 2.17 bits per heavy atom. The molecule has 0 fully saturated rings. The van der Waals surface area contributed by atoms with E-state index in [2.05, 4.69) is 5.32 Å². The van der Waals surface area contributed by atoms with Gasteiger partial charge >= 0.3 is 5.97 Å². The Morgan fingerprint density at radius 1 is 1.44 bits per heavy atom. The molecule has 5 nitrogen and oxygen atoms in total. The van der Waals surface area contributed by atoms with E-state index >= 15 is 0 Å². The van der Waals surface area contributed by atoms with Gasteiger partial charge in [-0.25, -0.2) is 0 Å². The molecule has 0 atom stereocenters. The fourth-order valence-corrected chi connectivity index (χ4v) is 1.47. The Kier molecular flexibility index (Phi) is 5.45. The summed E-state index contributed by atoms with van der Waals surface area (Å²) in [5, 5.41) is 12.4. The van der Waals surface area contributed by atoms with Gasteiger partial charge in [-0.3, -0.25) is 9.59 Å². The maximum Gasteiger partial charge on any atom is 0.307 e. The molecule has 18 heavy (non-hydrogen) atoms. The summed E-state index contributed by atoms with van der Waals surface area (Å²) >= 11 is 5.65. The van der Waals surface area contributed by atoms with Crippen molar-refractivity contribution in [3.8, 4) is 5.75 Å². The van der Waals surface area contributed by atoms with E-state index in [1.54, 1.807) is 6.92 Å². The number of amides is 1. The predicted molar refractivity (Wildman–Crippen MR) is 66.7 cm³/mol. The molecule has 0 aliphatic heterocycles. The van der Waals surface area contributed by atoms with Crippen LogP contribution in [0, 0.1) is 0 Å². The van der Waals surface area contributed by atoms with Crippen LogP contribution < -0.4 is 5.32 Å². The Balaban J connectivity index is 2.48. The summed E-state index contributed by atoms with van der Waals surface area (Å²) in [6.45, 7) is 2.17. The summed E-state index contributed by atoms with van der Waals surface area (Å²) in [4.78, 5) is 22.7. The molecule has 0 spiro atoms. The van der Waals surface area contributed by atoms with Gasteiger partial charge in [0.25, 0.3) is 5.91 Å². The minimum atomic E-state index is -0.464. The highest BCUT2D eigenvalue weighted by Gasteiger charge is 2.11. The van der Waals surface area contributed by atoms with Crippen LogP contribution in [-0.2, 0) is 9.53 Å². The maximum absolute atomic E-state index is 11.6. The van der Waals surface area contributed by atoms with Crippen molar-refractivity contribution in [3.05, 3.63) is 28.8 Å². The summed E-state index contributed by atoms with van der Waals surface area (Å²) in [6, 6.07) is 4.20. The summed E-state index contributed by atoms with van der Waals surface area (Å²) in [6.07, 6.45) is 0.0912. The van der Waals surface area contributed by atoms with Crippen molar-refractivity contribution in [2.45, 2.75) is 13.3 Å². The van der Waals surface area contributed by atoms with Crippen molar-refractivity contribution < 1.29 is 19.4 Å². The number of carbonyl (C=O) groups is 2. The minimum Gasteiger partial charge on any atom is -0.507 e. The van der Waals surface area contributed by atoms with Gasteiger partial charge in [0.15, 0.2) is 0 Å². The average Bonchev–Trinajstić information content (AvgIpc) is 2.29. The number of ether oxygens (including phenoxy) is 1. The number of phenols is 1. The third-order valence-corrected chi connectivity index (χ3v) is 2.36. The molecule has 1 rings (SSSR count). The number of hydrogen-bond acceptors (Lipinski definition) is 4. The van der Waals surface area contributed by atoms with Crippen LogP contribution in [0.4, 0.5) is 0 Å². The van der Waals surface area contributed by atoms with E-state index in [0.29, 0.717) is 11.6 Å². The highest BCUT2D eigenvalue weighted by atomic mass is 35.5. The highest BCUT2D eigenvalue weighted by Crippen LogP contribution is 2.21. The van der Waals surface area contributed by atoms with Crippen LogP contribution in [0.2, 0.25) is 5.02 Å². The second-order valence-electron chi connectivity index (χ2n) is 3.47. The monoisotopic (exact) mass is 271 g/mol. The van der Waals surface area contributed by atoms with Gasteiger partial charge in [0.2, 0.25) is 0 Å². The second-order valence-corrected chi connectivity index (χ2v) is 3.91. The topological polar surface area (TPSA) is 75.6 Å². The zero-order valence-electron chi connectivity index (χ0n) is 9.90. The third-order valence-electron chi connectivity index (χ3n) is 2.12. The van der Waals surface area contributed by atoms with Crippen molar-refractivity contribution in [1.29, 1.82) is 0 Å². The molecule has 98 valence electrons. The Hall–Kier alpha value is -1.75. The van der Waals surface area contributed by atoms with E-state index in [0.717, 1.165) is 0 Å². The lowest BCUT2D eigenvalue weighted by Gasteiger charge is -2.06. The molecule has 1 aromatic rings. The first-order valence-corrected chi connectivity index (χ1v) is 5.84. The predicted octanol–water partition coefficient (Wildman–Crippen LogP) is 1.73. The summed E-state index contributed by atoms with van der Waals surface area (Å²) < 4.78 is 4.71. The van der Waals surface area contributed by atoms with E-state index in [1.807, 2.05) is 0 Å². The van der Waals surface area contributed by atoms with Gasteiger partial charge in [-0.05, 0) is 25.1 Å². The van der Waals surface area contributed by atoms with Crippen molar-refractivity contribution in [3.63, 3.8) is 0 Å². The highest BCUT2D eigenvalue weighted by molar-refractivity contribution is 6.30. The van der Waals surface area contributed by atoms with Crippen LogP contribution in [0.1, 0.15) is 23.7 Å². The van der Waals surface area contributed by atoms with E-state index in [4.69, 9.17) is 16.3 Å². The van der Waals surface area contributed by atoms with Crippen LogP contribution in [0.3, 0.4) is 0 Å². The second kappa shape index (κ2) is 6.86. The van der Waals surface area contributed by atoms with Gasteiger partial charge in [0.1, 0.15) is 5.75 Å². The van der Waals surface area contributed by atoms with Gasteiger partial charge in [-0.15, -0.1) is 0 Å². The van der Waals surface area contributed by atoms with Crippen molar-refractivity contribution >= 4 is 23.5 Å². The van der Waals surface area contributed by atoms with E-state index in [9.17, 15) is 14.7 Å². The SMILES string of the molecule is CCOC(=O)CCNC(=O)c1ccc(Cl)cc1O. The molecule has 0 saturated heterocycles. The quantitative estimate of drug-likeness (QED) is 0.800. The van der Waals surface area contributed by atoms with Crippen molar-refractivity contribution in [2.24, 2.45) is 0 Å². The molecule has 0 radical (unpaired) electrons. The van der Waals surface area contributed by atoms with Gasteiger partial charge in [0, 0.05) is 11.6 Å². The summed E-state index contributed by atoms with van der Waals surface area (Å²) in [5.41, 5.74) is 0.114. The molecule has 1 amide bonds. The Bertz CT molecular complexity index is 448. The van der Waals surface area contributed by atoms with Gasteiger partial charge in [-0.1, -0.05) is 11.6 Å². The fourth-order valence-electron chi connectivity index (χ4n) is 1.30. The number of nitrogens with one attached hydrogen (secondary N) is 1. The zero-order valence-corrected chi connectivity index (χ0v) is 10.7. The first kappa shape index (κ1) is 14.3. The molecule has 0 bridgehead atoms. The molecule has 2 N–H and O–H groups in total. The smallest absolute Gasteiger partial charge is 0.307 e. The van der Waals surface area contributed by atoms with Gasteiger partial charge in [0.05, 0.1) is 18.6 Å². The van der Waals surface area contributed by atoms with Crippen LogP contribution >= 0.6 is 11.6 Å². The third kappa shape index (κ3) is 4.25. The van der Waals surface area contributed by atoms with Crippen LogP contribution in [0.25, 0.3) is 0 Å². The van der Waals surface area contributed by atoms with E-state index in [-0.39, 0.29) is 30.2 Å². The van der Waals surface area contributed by atoms with Crippen molar-refractivity contribution in [1.82, 2.24) is 5.32 Å². The lowest BCUT2D eigenvalue weighted by molar-refractivity contribution is -0.142. The zero-order chi connectivity index (χ0) is 13.5. The largest absolute Gasteiger partial charge is 0.507 e. The van der Waals surface area contributed by atoms with Crippen LogP contribution in [0.5, 0.6) is 5.75 Å².